The minimum absolute atomic E-state index is 0.0923. The van der Waals surface area contributed by atoms with Crippen LogP contribution < -0.4 is 5.32 Å². The van der Waals surface area contributed by atoms with Crippen LogP contribution in [-0.4, -0.2) is 15.3 Å². The summed E-state index contributed by atoms with van der Waals surface area (Å²) in [5.41, 5.74) is 3.49. The van der Waals surface area contributed by atoms with Gasteiger partial charge in [-0.25, -0.2) is 0 Å². The van der Waals surface area contributed by atoms with Crippen molar-refractivity contribution in [2.45, 2.75) is 60.2 Å². The fraction of sp³-hybridized carbons (Fsp3) is 0.562. The number of rotatable bonds is 4. The predicted molar refractivity (Wildman–Crippen MR) is 80.8 cm³/mol. The average Bonchev–Trinajstić information content (AvgIpc) is 2.79. The molecule has 4 heteroatoms. The van der Waals surface area contributed by atoms with Gasteiger partial charge in [0, 0.05) is 11.2 Å². The van der Waals surface area contributed by atoms with Gasteiger partial charge in [-0.05, 0) is 59.2 Å². The Kier molecular flexibility index (Phi) is 4.04. The highest BCUT2D eigenvalue weighted by Gasteiger charge is 2.13. The van der Waals surface area contributed by atoms with Crippen molar-refractivity contribution in [3.63, 3.8) is 0 Å². The Morgan fingerprint density at radius 1 is 1.20 bits per heavy atom. The van der Waals surface area contributed by atoms with Crippen LogP contribution in [0.15, 0.2) is 16.5 Å². The topological polar surface area (TPSA) is 43.0 Å². The Balaban J connectivity index is 2.09. The Morgan fingerprint density at radius 3 is 2.45 bits per heavy atom. The largest absolute Gasteiger partial charge is 0.462 e. The second-order valence-corrected chi connectivity index (χ2v) is 6.51. The van der Waals surface area contributed by atoms with Crippen LogP contribution in [0.1, 0.15) is 49.2 Å². The monoisotopic (exact) mass is 275 g/mol. The quantitative estimate of drug-likeness (QED) is 0.930. The van der Waals surface area contributed by atoms with Crippen molar-refractivity contribution >= 4 is 0 Å². The Bertz CT molecular complexity index is 587. The van der Waals surface area contributed by atoms with Crippen LogP contribution in [0.25, 0.3) is 0 Å². The molecule has 0 aliphatic carbocycles. The van der Waals surface area contributed by atoms with E-state index in [9.17, 15) is 0 Å². The van der Waals surface area contributed by atoms with E-state index in [4.69, 9.17) is 4.42 Å². The summed E-state index contributed by atoms with van der Waals surface area (Å²) in [4.78, 5) is 0. The molecule has 0 saturated heterocycles. The fourth-order valence-corrected chi connectivity index (χ4v) is 2.17. The molecule has 0 atom stereocenters. The van der Waals surface area contributed by atoms with Crippen molar-refractivity contribution in [2.24, 2.45) is 0 Å². The minimum Gasteiger partial charge on any atom is -0.462 e. The van der Waals surface area contributed by atoms with Crippen molar-refractivity contribution < 1.29 is 4.42 Å². The summed E-state index contributed by atoms with van der Waals surface area (Å²) >= 11 is 0. The van der Waals surface area contributed by atoms with E-state index in [1.807, 2.05) is 11.6 Å². The molecule has 1 N–H and O–H groups in total. The lowest BCUT2D eigenvalue weighted by Crippen LogP contribution is -2.35. The molecule has 0 unspecified atom stereocenters. The molecule has 0 bridgehead atoms. The van der Waals surface area contributed by atoms with Crippen molar-refractivity contribution in [1.82, 2.24) is 15.1 Å². The first-order chi connectivity index (χ1) is 9.24. The summed E-state index contributed by atoms with van der Waals surface area (Å²) in [7, 11) is 0. The highest BCUT2D eigenvalue weighted by molar-refractivity contribution is 5.21. The number of aryl methyl sites for hydroxylation is 3. The van der Waals surface area contributed by atoms with Crippen molar-refractivity contribution in [3.05, 3.63) is 40.6 Å². The molecular weight excluding hydrogens is 250 g/mol. The molecule has 0 aliphatic rings. The third-order valence-corrected chi connectivity index (χ3v) is 3.26. The van der Waals surface area contributed by atoms with Gasteiger partial charge in [0.2, 0.25) is 0 Å². The fourth-order valence-electron chi connectivity index (χ4n) is 2.17. The number of hydrogen-bond donors (Lipinski definition) is 1. The molecule has 4 nitrogen and oxygen atoms in total. The van der Waals surface area contributed by atoms with Crippen molar-refractivity contribution in [1.29, 1.82) is 0 Å². The zero-order chi connectivity index (χ0) is 14.9. The van der Waals surface area contributed by atoms with Gasteiger partial charge in [0.05, 0.1) is 18.8 Å². The van der Waals surface area contributed by atoms with Gasteiger partial charge in [0.25, 0.3) is 0 Å². The number of furan rings is 1. The molecule has 0 aliphatic heterocycles. The standard InChI is InChI=1S/C16H25N3O/c1-11-7-14(10-19-13(3)8-12(2)18-19)20-15(11)9-17-16(4,5)6/h7-8,17H,9-10H2,1-6H3. The van der Waals surface area contributed by atoms with E-state index in [2.05, 4.69) is 57.2 Å². The highest BCUT2D eigenvalue weighted by Crippen LogP contribution is 2.17. The first-order valence-corrected chi connectivity index (χ1v) is 7.09. The van der Waals surface area contributed by atoms with Crippen LogP contribution >= 0.6 is 0 Å². The first kappa shape index (κ1) is 14.9. The smallest absolute Gasteiger partial charge is 0.126 e. The zero-order valence-corrected chi connectivity index (χ0v) is 13.4. The molecule has 2 aromatic heterocycles. The lowest BCUT2D eigenvalue weighted by atomic mass is 10.1. The van der Waals surface area contributed by atoms with Crippen LogP contribution in [0.2, 0.25) is 0 Å². The highest BCUT2D eigenvalue weighted by atomic mass is 16.3. The molecule has 20 heavy (non-hydrogen) atoms. The summed E-state index contributed by atoms with van der Waals surface area (Å²) in [6, 6.07) is 4.19. The molecule has 0 amide bonds. The second-order valence-electron chi connectivity index (χ2n) is 6.51. The van der Waals surface area contributed by atoms with Gasteiger partial charge < -0.3 is 9.73 Å². The van der Waals surface area contributed by atoms with Gasteiger partial charge in [-0.1, -0.05) is 0 Å². The van der Waals surface area contributed by atoms with E-state index in [-0.39, 0.29) is 5.54 Å². The van der Waals surface area contributed by atoms with Crippen LogP contribution in [0.3, 0.4) is 0 Å². The summed E-state index contributed by atoms with van der Waals surface area (Å²) in [5.74, 6) is 1.97. The van der Waals surface area contributed by atoms with E-state index < -0.39 is 0 Å². The Hall–Kier alpha value is -1.55. The Morgan fingerprint density at radius 2 is 1.90 bits per heavy atom. The molecule has 2 rings (SSSR count). The molecule has 0 radical (unpaired) electrons. The summed E-state index contributed by atoms with van der Waals surface area (Å²) < 4.78 is 7.94. The molecule has 0 spiro atoms. The molecule has 0 aromatic carbocycles. The average molecular weight is 275 g/mol. The number of nitrogens with one attached hydrogen (secondary N) is 1. The summed E-state index contributed by atoms with van der Waals surface area (Å²) in [6.07, 6.45) is 0. The van der Waals surface area contributed by atoms with Crippen LogP contribution in [-0.2, 0) is 13.1 Å². The third-order valence-electron chi connectivity index (χ3n) is 3.26. The van der Waals surface area contributed by atoms with Crippen molar-refractivity contribution in [3.8, 4) is 0 Å². The van der Waals surface area contributed by atoms with Gasteiger partial charge in [0.1, 0.15) is 11.5 Å². The van der Waals surface area contributed by atoms with E-state index in [1.54, 1.807) is 0 Å². The van der Waals surface area contributed by atoms with Crippen LogP contribution in [0.4, 0.5) is 0 Å². The molecule has 0 saturated carbocycles. The molecule has 2 heterocycles. The van der Waals surface area contributed by atoms with Gasteiger partial charge in [-0.3, -0.25) is 4.68 Å². The van der Waals surface area contributed by atoms with E-state index >= 15 is 0 Å². The normalized spacial score (nSPS) is 12.1. The molecular formula is C16H25N3O. The van der Waals surface area contributed by atoms with Crippen LogP contribution in [0.5, 0.6) is 0 Å². The Labute approximate surface area is 121 Å². The zero-order valence-electron chi connectivity index (χ0n) is 13.4. The maximum atomic E-state index is 5.95. The SMILES string of the molecule is Cc1cc(C)n(Cc2cc(C)c(CNC(C)(C)C)o2)n1. The van der Waals surface area contributed by atoms with E-state index in [0.717, 1.165) is 29.5 Å². The number of hydrogen-bond acceptors (Lipinski definition) is 3. The summed E-state index contributed by atoms with van der Waals surface area (Å²) in [6.45, 7) is 14.1. The lowest BCUT2D eigenvalue weighted by Gasteiger charge is -2.19. The van der Waals surface area contributed by atoms with E-state index in [0.29, 0.717) is 6.54 Å². The maximum absolute atomic E-state index is 5.95. The number of aromatic nitrogens is 2. The van der Waals surface area contributed by atoms with Gasteiger partial charge in [0.15, 0.2) is 0 Å². The second kappa shape index (κ2) is 5.44. The number of nitrogens with zero attached hydrogens (tertiary/aromatic N) is 2. The van der Waals surface area contributed by atoms with Gasteiger partial charge in [-0.2, -0.15) is 5.10 Å². The molecule has 110 valence electrons. The third kappa shape index (κ3) is 3.73. The minimum atomic E-state index is 0.0923. The van der Waals surface area contributed by atoms with Gasteiger partial charge >= 0.3 is 0 Å². The molecule has 2 aromatic rings. The lowest BCUT2D eigenvalue weighted by molar-refractivity contribution is 0.372. The summed E-state index contributed by atoms with van der Waals surface area (Å²) in [5, 5.41) is 7.93. The maximum Gasteiger partial charge on any atom is 0.126 e. The first-order valence-electron chi connectivity index (χ1n) is 7.09. The van der Waals surface area contributed by atoms with E-state index in [1.165, 1.54) is 5.56 Å². The van der Waals surface area contributed by atoms with Crippen molar-refractivity contribution in [2.75, 3.05) is 0 Å². The predicted octanol–water partition coefficient (Wildman–Crippen LogP) is 3.34. The molecule has 0 fully saturated rings. The van der Waals surface area contributed by atoms with Gasteiger partial charge in [-0.15, -0.1) is 0 Å². The van der Waals surface area contributed by atoms with Crippen LogP contribution in [0, 0.1) is 20.8 Å².